The summed E-state index contributed by atoms with van der Waals surface area (Å²) < 4.78 is 5.44. The maximum absolute atomic E-state index is 12.7. The van der Waals surface area contributed by atoms with Crippen molar-refractivity contribution in [3.63, 3.8) is 0 Å². The van der Waals surface area contributed by atoms with Crippen molar-refractivity contribution in [3.8, 4) is 11.4 Å². The maximum atomic E-state index is 12.7. The molecule has 144 valence electrons. The number of hydrogen-bond donors (Lipinski definition) is 2. The van der Waals surface area contributed by atoms with Crippen LogP contribution in [-0.4, -0.2) is 42.0 Å². The number of nitrogens with zero attached hydrogens (tertiary/aromatic N) is 4. The fourth-order valence-corrected chi connectivity index (χ4v) is 3.29. The SMILES string of the molecule is O=C(O)CCC(=O)N1Cc2[nH]cnc2C[C@H]1c1nc(-c2ccc(Cl)cc2)no1. The monoisotopic (exact) mass is 401 g/mol. The van der Waals surface area contributed by atoms with Crippen LogP contribution in [0.3, 0.4) is 0 Å². The van der Waals surface area contributed by atoms with Gasteiger partial charge in [0.15, 0.2) is 0 Å². The second-order valence-corrected chi connectivity index (χ2v) is 6.86. The van der Waals surface area contributed by atoms with Gasteiger partial charge < -0.3 is 19.5 Å². The fourth-order valence-electron chi connectivity index (χ4n) is 3.16. The van der Waals surface area contributed by atoms with Crippen LogP contribution in [0.4, 0.5) is 0 Å². The van der Waals surface area contributed by atoms with Gasteiger partial charge in [-0.25, -0.2) is 4.98 Å². The Bertz CT molecular complexity index is 1010. The lowest BCUT2D eigenvalue weighted by atomic mass is 10.0. The quantitative estimate of drug-likeness (QED) is 0.672. The van der Waals surface area contributed by atoms with E-state index in [1.807, 2.05) is 0 Å². The molecular weight excluding hydrogens is 386 g/mol. The number of amides is 1. The van der Waals surface area contributed by atoms with E-state index in [0.29, 0.717) is 17.3 Å². The van der Waals surface area contributed by atoms with Crippen LogP contribution in [0.5, 0.6) is 0 Å². The molecule has 9 nitrogen and oxygen atoms in total. The van der Waals surface area contributed by atoms with Gasteiger partial charge in [0.05, 0.1) is 30.7 Å². The molecule has 4 rings (SSSR count). The van der Waals surface area contributed by atoms with Crippen molar-refractivity contribution >= 4 is 23.5 Å². The van der Waals surface area contributed by atoms with Gasteiger partial charge in [0.1, 0.15) is 6.04 Å². The maximum Gasteiger partial charge on any atom is 0.303 e. The highest BCUT2D eigenvalue weighted by atomic mass is 35.5. The van der Waals surface area contributed by atoms with E-state index in [1.165, 1.54) is 0 Å². The molecule has 0 spiro atoms. The summed E-state index contributed by atoms with van der Waals surface area (Å²) in [6, 6.07) is 6.50. The van der Waals surface area contributed by atoms with Gasteiger partial charge in [-0.1, -0.05) is 16.8 Å². The van der Waals surface area contributed by atoms with Gasteiger partial charge in [0, 0.05) is 23.4 Å². The summed E-state index contributed by atoms with van der Waals surface area (Å²) in [5, 5.41) is 13.5. The molecule has 0 bridgehead atoms. The number of carbonyl (C=O) groups is 2. The van der Waals surface area contributed by atoms with Crippen molar-refractivity contribution in [1.82, 2.24) is 25.0 Å². The van der Waals surface area contributed by atoms with Crippen LogP contribution in [0.1, 0.15) is 36.2 Å². The van der Waals surface area contributed by atoms with Gasteiger partial charge in [-0.05, 0) is 24.3 Å². The molecule has 10 heteroatoms. The Morgan fingerprint density at radius 3 is 2.82 bits per heavy atom. The molecule has 1 aliphatic rings. The van der Waals surface area contributed by atoms with Crippen molar-refractivity contribution in [2.75, 3.05) is 0 Å². The van der Waals surface area contributed by atoms with E-state index in [1.54, 1.807) is 35.5 Å². The smallest absolute Gasteiger partial charge is 0.303 e. The summed E-state index contributed by atoms with van der Waals surface area (Å²) in [4.78, 5) is 36.8. The minimum atomic E-state index is -1.02. The molecule has 0 aliphatic carbocycles. The van der Waals surface area contributed by atoms with Crippen LogP contribution >= 0.6 is 11.6 Å². The van der Waals surface area contributed by atoms with E-state index in [9.17, 15) is 9.59 Å². The van der Waals surface area contributed by atoms with Crippen molar-refractivity contribution in [2.24, 2.45) is 0 Å². The van der Waals surface area contributed by atoms with Gasteiger partial charge in [-0.2, -0.15) is 4.98 Å². The summed E-state index contributed by atoms with van der Waals surface area (Å²) in [6.45, 7) is 0.275. The van der Waals surface area contributed by atoms with E-state index in [2.05, 4.69) is 20.1 Å². The first-order chi connectivity index (χ1) is 13.5. The Balaban J connectivity index is 1.62. The van der Waals surface area contributed by atoms with Gasteiger partial charge >= 0.3 is 5.97 Å². The zero-order valence-corrected chi connectivity index (χ0v) is 15.4. The van der Waals surface area contributed by atoms with Crippen LogP contribution in [0.15, 0.2) is 35.1 Å². The first-order valence-corrected chi connectivity index (χ1v) is 9.01. The first kappa shape index (κ1) is 18.2. The number of imidazole rings is 1. The average Bonchev–Trinajstić information content (AvgIpc) is 3.34. The Morgan fingerprint density at radius 2 is 2.07 bits per heavy atom. The highest BCUT2D eigenvalue weighted by molar-refractivity contribution is 6.30. The molecule has 3 heterocycles. The number of carboxylic acid groups (broad SMARTS) is 1. The van der Waals surface area contributed by atoms with Crippen molar-refractivity contribution < 1.29 is 19.2 Å². The number of benzene rings is 1. The standard InChI is InChI=1S/C18H16ClN5O4/c19-11-3-1-10(2-4-11)17-22-18(28-23-17)14-7-12-13(21-9-20-12)8-24(14)15(25)5-6-16(26)27/h1-4,9,14H,5-8H2,(H,20,21)(H,26,27)/t14-/m0/s1. The number of halogens is 1. The van der Waals surface area contributed by atoms with Gasteiger partial charge in [-0.15, -0.1) is 0 Å². The number of rotatable bonds is 5. The molecule has 1 aromatic carbocycles. The van der Waals surface area contributed by atoms with E-state index in [0.717, 1.165) is 17.0 Å². The second kappa shape index (κ2) is 7.43. The lowest BCUT2D eigenvalue weighted by Gasteiger charge is -2.32. The van der Waals surface area contributed by atoms with Crippen LogP contribution in [0.2, 0.25) is 5.02 Å². The number of carboxylic acids is 1. The van der Waals surface area contributed by atoms with Crippen molar-refractivity contribution in [1.29, 1.82) is 0 Å². The fraction of sp³-hybridized carbons (Fsp3) is 0.278. The highest BCUT2D eigenvalue weighted by Crippen LogP contribution is 2.32. The topological polar surface area (TPSA) is 125 Å². The molecule has 1 aliphatic heterocycles. The number of aliphatic carboxylic acids is 1. The van der Waals surface area contributed by atoms with Crippen LogP contribution in [0, 0.1) is 0 Å². The summed E-state index contributed by atoms with van der Waals surface area (Å²) >= 11 is 5.91. The molecule has 28 heavy (non-hydrogen) atoms. The highest BCUT2D eigenvalue weighted by Gasteiger charge is 2.36. The molecular formula is C18H16ClN5O4. The molecule has 0 saturated heterocycles. The van der Waals surface area contributed by atoms with Gasteiger partial charge in [-0.3, -0.25) is 9.59 Å². The normalized spacial score (nSPS) is 16.0. The molecule has 1 amide bonds. The lowest BCUT2D eigenvalue weighted by Crippen LogP contribution is -2.39. The minimum absolute atomic E-state index is 0.104. The number of aromatic nitrogens is 4. The summed E-state index contributed by atoms with van der Waals surface area (Å²) in [6.07, 6.45) is 1.63. The number of aromatic amines is 1. The average molecular weight is 402 g/mol. The lowest BCUT2D eigenvalue weighted by molar-refractivity contribution is -0.142. The summed E-state index contributed by atoms with van der Waals surface area (Å²) in [7, 11) is 0. The molecule has 0 saturated carbocycles. The zero-order valence-electron chi connectivity index (χ0n) is 14.6. The van der Waals surface area contributed by atoms with Crippen LogP contribution in [-0.2, 0) is 22.6 Å². The van der Waals surface area contributed by atoms with Crippen molar-refractivity contribution in [3.05, 3.63) is 52.9 Å². The Labute approximate surface area is 164 Å². The Hall–Kier alpha value is -3.20. The van der Waals surface area contributed by atoms with Gasteiger partial charge in [0.2, 0.25) is 17.6 Å². The summed E-state index contributed by atoms with van der Waals surface area (Å²) in [5.41, 5.74) is 2.37. The molecule has 0 radical (unpaired) electrons. The largest absolute Gasteiger partial charge is 0.481 e. The third-order valence-electron chi connectivity index (χ3n) is 4.60. The molecule has 0 unspecified atom stereocenters. The van der Waals surface area contributed by atoms with Crippen LogP contribution in [0.25, 0.3) is 11.4 Å². The van der Waals surface area contributed by atoms with Crippen molar-refractivity contribution in [2.45, 2.75) is 31.8 Å². The predicted molar refractivity (Wildman–Crippen MR) is 97.2 cm³/mol. The first-order valence-electron chi connectivity index (χ1n) is 8.63. The molecule has 3 aromatic rings. The predicted octanol–water partition coefficient (Wildman–Crippen LogP) is 2.60. The van der Waals surface area contributed by atoms with E-state index < -0.39 is 12.0 Å². The molecule has 1 atom stereocenters. The number of hydrogen-bond acceptors (Lipinski definition) is 6. The van der Waals surface area contributed by atoms with Crippen LogP contribution < -0.4 is 0 Å². The van der Waals surface area contributed by atoms with E-state index >= 15 is 0 Å². The minimum Gasteiger partial charge on any atom is -0.481 e. The Kier molecular flexibility index (Phi) is 4.82. The number of nitrogens with one attached hydrogen (secondary N) is 1. The summed E-state index contributed by atoms with van der Waals surface area (Å²) in [5.74, 6) is -0.648. The zero-order chi connectivity index (χ0) is 19.7. The Morgan fingerprint density at radius 1 is 1.29 bits per heavy atom. The van der Waals surface area contributed by atoms with E-state index in [-0.39, 0.29) is 31.2 Å². The molecule has 2 aromatic heterocycles. The third-order valence-corrected chi connectivity index (χ3v) is 4.85. The second-order valence-electron chi connectivity index (χ2n) is 6.43. The third kappa shape index (κ3) is 3.61. The number of H-pyrrole nitrogens is 1. The van der Waals surface area contributed by atoms with Gasteiger partial charge in [0.25, 0.3) is 0 Å². The number of fused-ring (bicyclic) bond motifs is 1. The number of carbonyl (C=O) groups excluding carboxylic acids is 1. The molecule has 2 N–H and O–H groups in total. The molecule has 0 fully saturated rings. The van der Waals surface area contributed by atoms with E-state index in [4.69, 9.17) is 21.2 Å².